The second-order valence-electron chi connectivity index (χ2n) is 2.14. The molecule has 66 valence electrons. The Morgan fingerprint density at radius 2 is 2.42 bits per heavy atom. The minimum absolute atomic E-state index is 0.326. The maximum Gasteiger partial charge on any atom is 0.142 e. The van der Waals surface area contributed by atoms with Crippen molar-refractivity contribution in [3.63, 3.8) is 0 Å². The van der Waals surface area contributed by atoms with Crippen LogP contribution in [0.3, 0.4) is 0 Å². The van der Waals surface area contributed by atoms with Crippen LogP contribution in [0, 0.1) is 0 Å². The maximum absolute atomic E-state index is 8.52. The minimum Gasteiger partial charge on any atom is -0.495 e. The van der Waals surface area contributed by atoms with Gasteiger partial charge in [-0.25, -0.2) is 5.48 Å². The summed E-state index contributed by atoms with van der Waals surface area (Å²) in [7, 11) is 1.56. The molecule has 0 atom stereocenters. The molecule has 0 bridgehead atoms. The van der Waals surface area contributed by atoms with Crippen molar-refractivity contribution in [1.29, 1.82) is 0 Å². The molecule has 1 heterocycles. The molecule has 0 amide bonds. The average Bonchev–Trinajstić information content (AvgIpc) is 2.09. The molecule has 2 N–H and O–H groups in total. The predicted molar refractivity (Wildman–Crippen MR) is 47.1 cm³/mol. The number of nitrogens with zero attached hydrogens (tertiary/aromatic N) is 1. The van der Waals surface area contributed by atoms with Crippen LogP contribution in [0.5, 0.6) is 5.75 Å². The zero-order valence-corrected chi connectivity index (χ0v) is 8.13. The molecule has 0 spiro atoms. The molecule has 0 aliphatic rings. The highest BCUT2D eigenvalue weighted by Gasteiger charge is 2.06. The molecule has 1 rings (SSSR count). The average molecular weight is 233 g/mol. The highest BCUT2D eigenvalue weighted by molar-refractivity contribution is 9.10. The van der Waals surface area contributed by atoms with E-state index in [1.807, 2.05) is 0 Å². The highest BCUT2D eigenvalue weighted by atomic mass is 79.9. The zero-order valence-electron chi connectivity index (χ0n) is 6.54. The largest absolute Gasteiger partial charge is 0.495 e. The van der Waals surface area contributed by atoms with E-state index in [-0.39, 0.29) is 0 Å². The Morgan fingerprint density at radius 1 is 1.67 bits per heavy atom. The highest BCUT2D eigenvalue weighted by Crippen LogP contribution is 2.24. The van der Waals surface area contributed by atoms with E-state index >= 15 is 0 Å². The van der Waals surface area contributed by atoms with Crippen LogP contribution in [-0.2, 0) is 6.54 Å². The third-order valence-electron chi connectivity index (χ3n) is 1.44. The number of ether oxygens (including phenoxy) is 1. The van der Waals surface area contributed by atoms with Gasteiger partial charge in [-0.15, -0.1) is 0 Å². The van der Waals surface area contributed by atoms with Crippen molar-refractivity contribution in [2.45, 2.75) is 6.54 Å². The Kier molecular flexibility index (Phi) is 3.46. The summed E-state index contributed by atoms with van der Waals surface area (Å²) in [4.78, 5) is 3.92. The van der Waals surface area contributed by atoms with E-state index in [0.717, 1.165) is 10.0 Å². The molecule has 0 fully saturated rings. The predicted octanol–water partition coefficient (Wildman–Crippen LogP) is 1.33. The lowest BCUT2D eigenvalue weighted by Gasteiger charge is -2.07. The Bertz CT molecular complexity index is 268. The lowest BCUT2D eigenvalue weighted by atomic mass is 10.2. The molecule has 0 unspecified atom stereocenters. The molecule has 0 saturated heterocycles. The van der Waals surface area contributed by atoms with Gasteiger partial charge in [0.05, 0.1) is 19.9 Å². The van der Waals surface area contributed by atoms with Gasteiger partial charge in [0.25, 0.3) is 0 Å². The first-order chi connectivity index (χ1) is 5.79. The summed E-state index contributed by atoms with van der Waals surface area (Å²) in [5.41, 5.74) is 2.90. The van der Waals surface area contributed by atoms with Crippen LogP contribution in [0.2, 0.25) is 0 Å². The summed E-state index contributed by atoms with van der Waals surface area (Å²) in [6, 6.07) is 0. The van der Waals surface area contributed by atoms with Gasteiger partial charge in [-0.3, -0.25) is 4.98 Å². The van der Waals surface area contributed by atoms with Gasteiger partial charge in [0.1, 0.15) is 5.75 Å². The molecule has 1 aromatic heterocycles. The number of hydrogen-bond acceptors (Lipinski definition) is 4. The Labute approximate surface area is 78.7 Å². The summed E-state index contributed by atoms with van der Waals surface area (Å²) in [5, 5.41) is 8.52. The topological polar surface area (TPSA) is 54.4 Å². The fourth-order valence-corrected chi connectivity index (χ4v) is 1.32. The van der Waals surface area contributed by atoms with Gasteiger partial charge in [0, 0.05) is 16.2 Å². The van der Waals surface area contributed by atoms with E-state index in [2.05, 4.69) is 26.4 Å². The van der Waals surface area contributed by atoms with Crippen LogP contribution in [0.4, 0.5) is 0 Å². The van der Waals surface area contributed by atoms with Crippen LogP contribution in [-0.4, -0.2) is 17.3 Å². The molecule has 12 heavy (non-hydrogen) atoms. The first-order valence-electron chi connectivity index (χ1n) is 3.33. The summed E-state index contributed by atoms with van der Waals surface area (Å²) in [5.74, 6) is 0.644. The summed E-state index contributed by atoms with van der Waals surface area (Å²) < 4.78 is 5.84. The van der Waals surface area contributed by atoms with Gasteiger partial charge in [-0.2, -0.15) is 0 Å². The van der Waals surface area contributed by atoms with Gasteiger partial charge >= 0.3 is 0 Å². The summed E-state index contributed by atoms with van der Waals surface area (Å²) >= 11 is 3.30. The van der Waals surface area contributed by atoms with Crippen molar-refractivity contribution in [2.24, 2.45) is 0 Å². The molecule has 0 radical (unpaired) electrons. The third-order valence-corrected chi connectivity index (χ3v) is 2.12. The van der Waals surface area contributed by atoms with Crippen molar-refractivity contribution >= 4 is 15.9 Å². The monoisotopic (exact) mass is 232 g/mol. The molecular formula is C7H9BrN2O2. The van der Waals surface area contributed by atoms with E-state index < -0.39 is 0 Å². The van der Waals surface area contributed by atoms with Gasteiger partial charge < -0.3 is 9.94 Å². The lowest BCUT2D eigenvalue weighted by molar-refractivity contribution is 0.160. The maximum atomic E-state index is 8.52. The third kappa shape index (κ3) is 1.94. The van der Waals surface area contributed by atoms with Crippen molar-refractivity contribution in [2.75, 3.05) is 7.11 Å². The number of nitrogens with one attached hydrogen (secondary N) is 1. The van der Waals surface area contributed by atoms with Crippen molar-refractivity contribution < 1.29 is 9.94 Å². The number of rotatable bonds is 3. The smallest absolute Gasteiger partial charge is 0.142 e. The van der Waals surface area contributed by atoms with Gasteiger partial charge in [-0.05, 0) is 15.9 Å². The molecule has 0 saturated carbocycles. The van der Waals surface area contributed by atoms with Crippen molar-refractivity contribution in [3.8, 4) is 5.75 Å². The second-order valence-corrected chi connectivity index (χ2v) is 2.99. The number of pyridine rings is 1. The van der Waals surface area contributed by atoms with E-state index in [1.165, 1.54) is 0 Å². The van der Waals surface area contributed by atoms with Crippen LogP contribution < -0.4 is 10.2 Å². The summed E-state index contributed by atoms with van der Waals surface area (Å²) in [6.07, 6.45) is 3.24. The fourth-order valence-electron chi connectivity index (χ4n) is 0.870. The van der Waals surface area contributed by atoms with Crippen LogP contribution >= 0.6 is 15.9 Å². The van der Waals surface area contributed by atoms with E-state index in [0.29, 0.717) is 12.3 Å². The Morgan fingerprint density at radius 3 is 3.00 bits per heavy atom. The van der Waals surface area contributed by atoms with Crippen molar-refractivity contribution in [1.82, 2.24) is 10.5 Å². The SMILES string of the molecule is COc1cncc(Br)c1CNO. The van der Waals surface area contributed by atoms with E-state index in [9.17, 15) is 0 Å². The zero-order chi connectivity index (χ0) is 8.97. The van der Waals surface area contributed by atoms with E-state index in [4.69, 9.17) is 9.94 Å². The molecule has 0 aromatic carbocycles. The van der Waals surface area contributed by atoms with Gasteiger partial charge in [0.2, 0.25) is 0 Å². The molecule has 0 aliphatic carbocycles. The first kappa shape index (κ1) is 9.44. The molecule has 1 aromatic rings. The first-order valence-corrected chi connectivity index (χ1v) is 4.12. The van der Waals surface area contributed by atoms with Crippen molar-refractivity contribution in [3.05, 3.63) is 22.4 Å². The Hall–Kier alpha value is -0.650. The van der Waals surface area contributed by atoms with Crippen LogP contribution in [0.15, 0.2) is 16.9 Å². The Balaban J connectivity index is 3.02. The second kappa shape index (κ2) is 4.39. The van der Waals surface area contributed by atoms with Gasteiger partial charge in [0.15, 0.2) is 0 Å². The summed E-state index contributed by atoms with van der Waals surface area (Å²) in [6.45, 7) is 0.326. The lowest BCUT2D eigenvalue weighted by Crippen LogP contribution is -2.08. The molecule has 0 aliphatic heterocycles. The standard InChI is InChI=1S/C7H9BrN2O2/c1-12-7-4-9-3-6(8)5(7)2-10-11/h3-4,10-11H,2H2,1H3. The fraction of sp³-hybridized carbons (Fsp3) is 0.286. The molecular weight excluding hydrogens is 224 g/mol. The number of aromatic nitrogens is 1. The minimum atomic E-state index is 0.326. The van der Waals surface area contributed by atoms with Crippen LogP contribution in [0.1, 0.15) is 5.56 Å². The normalized spacial score (nSPS) is 9.92. The molecule has 5 heteroatoms. The van der Waals surface area contributed by atoms with E-state index in [1.54, 1.807) is 19.5 Å². The number of hydroxylamine groups is 1. The molecule has 4 nitrogen and oxygen atoms in total. The number of halogens is 1. The quantitative estimate of drug-likeness (QED) is 0.773. The number of hydrogen-bond donors (Lipinski definition) is 2. The van der Waals surface area contributed by atoms with Gasteiger partial charge in [-0.1, -0.05) is 0 Å². The van der Waals surface area contributed by atoms with Crippen LogP contribution in [0.25, 0.3) is 0 Å². The number of methoxy groups -OCH3 is 1.